The van der Waals surface area contributed by atoms with Crippen LogP contribution in [0.5, 0.6) is 0 Å². The Kier molecular flexibility index (Phi) is 4.98. The molecule has 6 nitrogen and oxygen atoms in total. The lowest BCUT2D eigenvalue weighted by atomic mass is 10.3. The van der Waals surface area contributed by atoms with E-state index >= 15 is 0 Å². The molecule has 7 heteroatoms. The van der Waals surface area contributed by atoms with Crippen LogP contribution in [0.4, 0.5) is 5.69 Å². The van der Waals surface area contributed by atoms with E-state index in [0.717, 1.165) is 26.2 Å². The molecule has 1 aliphatic heterocycles. The number of piperazine rings is 1. The molecule has 1 heterocycles. The highest BCUT2D eigenvalue weighted by Gasteiger charge is 2.20. The van der Waals surface area contributed by atoms with Crippen LogP contribution in [0.1, 0.15) is 6.92 Å². The summed E-state index contributed by atoms with van der Waals surface area (Å²) in [7, 11) is -1.37. The van der Waals surface area contributed by atoms with Gasteiger partial charge in [0.25, 0.3) is 0 Å². The number of nitrogens with one attached hydrogen (secondary N) is 2. The lowest BCUT2D eigenvalue weighted by Gasteiger charge is -2.33. The summed E-state index contributed by atoms with van der Waals surface area (Å²) in [4.78, 5) is 2.54. The molecule has 1 saturated heterocycles. The molecule has 1 fully saturated rings. The maximum Gasteiger partial charge on any atom is 0.242 e. The third-order valence-corrected chi connectivity index (χ3v) is 4.90. The molecule has 1 aliphatic rings. The van der Waals surface area contributed by atoms with Gasteiger partial charge in [0.05, 0.1) is 5.69 Å². The van der Waals surface area contributed by atoms with Gasteiger partial charge in [-0.3, -0.25) is 0 Å². The van der Waals surface area contributed by atoms with Gasteiger partial charge in [-0.05, 0) is 19.2 Å². The molecule has 1 aromatic rings. The van der Waals surface area contributed by atoms with Gasteiger partial charge in [-0.2, -0.15) is 0 Å². The summed E-state index contributed by atoms with van der Waals surface area (Å²) in [5.41, 5.74) is 3.85. The van der Waals surface area contributed by atoms with E-state index in [0.29, 0.717) is 17.1 Å². The molecule has 0 amide bonds. The van der Waals surface area contributed by atoms with Crippen molar-refractivity contribution < 1.29 is 8.42 Å². The van der Waals surface area contributed by atoms with E-state index in [1.54, 1.807) is 25.1 Å². The van der Waals surface area contributed by atoms with Crippen molar-refractivity contribution in [2.24, 2.45) is 0 Å². The molecule has 0 radical (unpaired) electrons. The van der Waals surface area contributed by atoms with Crippen molar-refractivity contribution in [3.63, 3.8) is 0 Å². The molecule has 0 atom stereocenters. The summed E-state index contributed by atoms with van der Waals surface area (Å²) in [5.74, 6) is 0. The lowest BCUT2D eigenvalue weighted by molar-refractivity contribution is 0.178. The van der Waals surface area contributed by atoms with Gasteiger partial charge in [0.1, 0.15) is 4.90 Å². The van der Waals surface area contributed by atoms with Crippen molar-refractivity contribution in [3.8, 4) is 0 Å². The highest BCUT2D eigenvalue weighted by Crippen LogP contribution is 2.21. The second kappa shape index (κ2) is 6.53. The number of hydrogen-bond donors (Lipinski definition) is 2. The molecule has 0 bridgehead atoms. The topological polar surface area (TPSA) is 64.7 Å². The fraction of sp³-hybridized carbons (Fsp3) is 0.538. The van der Waals surface area contributed by atoms with Gasteiger partial charge in [0, 0.05) is 32.7 Å². The van der Waals surface area contributed by atoms with E-state index in [2.05, 4.69) is 27.1 Å². The monoisotopic (exact) mass is 298 g/mol. The molecule has 2 rings (SSSR count). The Bertz CT molecular complexity index is 539. The van der Waals surface area contributed by atoms with E-state index in [1.807, 2.05) is 6.07 Å². The van der Waals surface area contributed by atoms with Crippen LogP contribution >= 0.6 is 0 Å². The SMILES string of the molecule is CCNS(=O)(=O)c1ccccc1NN1CCN(C)CC1. The minimum Gasteiger partial charge on any atom is -0.317 e. The van der Waals surface area contributed by atoms with Crippen molar-refractivity contribution in [2.75, 3.05) is 45.2 Å². The molecule has 0 saturated carbocycles. The average Bonchev–Trinajstić information content (AvgIpc) is 2.42. The Balaban J connectivity index is 2.16. The molecule has 0 spiro atoms. The molecule has 2 N–H and O–H groups in total. The molecule has 112 valence electrons. The molecule has 0 aromatic heterocycles. The van der Waals surface area contributed by atoms with Gasteiger partial charge in [-0.15, -0.1) is 0 Å². The normalized spacial score (nSPS) is 18.1. The predicted octanol–water partition coefficient (Wildman–Crippen LogP) is 0.559. The van der Waals surface area contributed by atoms with E-state index in [4.69, 9.17) is 0 Å². The second-order valence-corrected chi connectivity index (χ2v) is 6.63. The predicted molar refractivity (Wildman–Crippen MR) is 80.0 cm³/mol. The summed E-state index contributed by atoms with van der Waals surface area (Å²) in [5, 5.41) is 2.06. The second-order valence-electron chi connectivity index (χ2n) is 4.90. The first-order valence-corrected chi connectivity index (χ1v) is 8.30. The maximum atomic E-state index is 12.2. The Morgan fingerprint density at radius 3 is 2.45 bits per heavy atom. The number of anilines is 1. The van der Waals surface area contributed by atoms with Crippen LogP contribution in [0.3, 0.4) is 0 Å². The quantitative estimate of drug-likeness (QED) is 0.831. The summed E-state index contributed by atoms with van der Waals surface area (Å²) < 4.78 is 26.9. The largest absolute Gasteiger partial charge is 0.317 e. The van der Waals surface area contributed by atoms with Gasteiger partial charge >= 0.3 is 0 Å². The zero-order valence-electron chi connectivity index (χ0n) is 12.0. The van der Waals surface area contributed by atoms with Crippen LogP contribution in [0, 0.1) is 0 Å². The van der Waals surface area contributed by atoms with Gasteiger partial charge in [0.2, 0.25) is 10.0 Å². The van der Waals surface area contributed by atoms with Gasteiger partial charge < -0.3 is 10.3 Å². The number of likely N-dealkylation sites (N-methyl/N-ethyl adjacent to an activating group) is 1. The van der Waals surface area contributed by atoms with Gasteiger partial charge in [-0.1, -0.05) is 19.1 Å². The minimum atomic E-state index is -3.45. The fourth-order valence-electron chi connectivity index (χ4n) is 2.15. The number of benzene rings is 1. The van der Waals surface area contributed by atoms with E-state index in [1.165, 1.54) is 0 Å². The fourth-order valence-corrected chi connectivity index (χ4v) is 3.35. The van der Waals surface area contributed by atoms with Gasteiger partial charge in [-0.25, -0.2) is 18.1 Å². The van der Waals surface area contributed by atoms with E-state index in [9.17, 15) is 8.42 Å². The van der Waals surface area contributed by atoms with Crippen molar-refractivity contribution in [1.82, 2.24) is 14.6 Å². The molecule has 0 aliphatic carbocycles. The Hall–Kier alpha value is -1.15. The molecular formula is C13H22N4O2S. The maximum absolute atomic E-state index is 12.2. The molecule has 0 unspecified atom stereocenters. The van der Waals surface area contributed by atoms with Crippen molar-refractivity contribution in [1.29, 1.82) is 0 Å². The molecular weight excluding hydrogens is 276 g/mol. The standard InChI is InChI=1S/C13H22N4O2S/c1-3-14-20(18,19)13-7-5-4-6-12(13)15-17-10-8-16(2)9-11-17/h4-7,14-15H,3,8-11H2,1-2H3. The van der Waals surface area contributed by atoms with Crippen LogP contribution in [-0.2, 0) is 10.0 Å². The summed E-state index contributed by atoms with van der Waals surface area (Å²) in [6, 6.07) is 6.99. The third kappa shape index (κ3) is 3.69. The Morgan fingerprint density at radius 1 is 1.15 bits per heavy atom. The smallest absolute Gasteiger partial charge is 0.242 e. The minimum absolute atomic E-state index is 0.292. The lowest BCUT2D eigenvalue weighted by Crippen LogP contribution is -2.47. The average molecular weight is 298 g/mol. The first kappa shape index (κ1) is 15.2. The Labute approximate surface area is 120 Å². The molecule has 20 heavy (non-hydrogen) atoms. The first-order chi connectivity index (χ1) is 9.53. The summed E-state index contributed by atoms with van der Waals surface area (Å²) in [6.45, 7) is 5.82. The first-order valence-electron chi connectivity index (χ1n) is 6.82. The van der Waals surface area contributed by atoms with E-state index in [-0.39, 0.29) is 0 Å². The summed E-state index contributed by atoms with van der Waals surface area (Å²) >= 11 is 0. The van der Waals surface area contributed by atoms with Crippen molar-refractivity contribution in [2.45, 2.75) is 11.8 Å². The summed E-state index contributed by atoms with van der Waals surface area (Å²) in [6.07, 6.45) is 0. The number of hydrazine groups is 1. The van der Waals surface area contributed by atoms with Crippen LogP contribution in [0.2, 0.25) is 0 Å². The van der Waals surface area contributed by atoms with Crippen LogP contribution in [-0.4, -0.2) is 58.1 Å². The number of nitrogens with zero attached hydrogens (tertiary/aromatic N) is 2. The zero-order chi connectivity index (χ0) is 14.6. The molecule has 1 aromatic carbocycles. The number of rotatable bonds is 5. The van der Waals surface area contributed by atoms with Crippen molar-refractivity contribution >= 4 is 15.7 Å². The number of hydrogen-bond acceptors (Lipinski definition) is 5. The third-order valence-electron chi connectivity index (χ3n) is 3.29. The van der Waals surface area contributed by atoms with Crippen LogP contribution < -0.4 is 10.1 Å². The Morgan fingerprint density at radius 2 is 1.80 bits per heavy atom. The zero-order valence-corrected chi connectivity index (χ0v) is 12.8. The van der Waals surface area contributed by atoms with Crippen LogP contribution in [0.25, 0.3) is 0 Å². The van der Waals surface area contributed by atoms with Gasteiger partial charge in [0.15, 0.2) is 0 Å². The number of sulfonamides is 1. The highest BCUT2D eigenvalue weighted by atomic mass is 32.2. The van der Waals surface area contributed by atoms with E-state index < -0.39 is 10.0 Å². The highest BCUT2D eigenvalue weighted by molar-refractivity contribution is 7.89. The van der Waals surface area contributed by atoms with Crippen molar-refractivity contribution in [3.05, 3.63) is 24.3 Å². The van der Waals surface area contributed by atoms with Crippen LogP contribution in [0.15, 0.2) is 29.2 Å². The number of para-hydroxylation sites is 1.